The molecule has 14 heavy (non-hydrogen) atoms. The standard InChI is InChI=1S/C11H10N2O/c12-8-9-6-7-13(11(9)14)10-4-2-1-3-5-10/h1-5,9H,6-7H2. The Morgan fingerprint density at radius 3 is 2.64 bits per heavy atom. The van der Waals surface area contributed by atoms with Crippen molar-refractivity contribution >= 4 is 11.6 Å². The van der Waals surface area contributed by atoms with Crippen LogP contribution in [0.15, 0.2) is 30.3 Å². The van der Waals surface area contributed by atoms with Crippen molar-refractivity contribution in [2.75, 3.05) is 11.4 Å². The zero-order valence-electron chi connectivity index (χ0n) is 7.68. The van der Waals surface area contributed by atoms with Crippen molar-refractivity contribution in [3.63, 3.8) is 0 Å². The fraction of sp³-hybridized carbons (Fsp3) is 0.273. The first-order valence-corrected chi connectivity index (χ1v) is 4.59. The van der Waals surface area contributed by atoms with Gasteiger partial charge in [-0.1, -0.05) is 18.2 Å². The van der Waals surface area contributed by atoms with Crippen molar-refractivity contribution in [1.29, 1.82) is 5.26 Å². The van der Waals surface area contributed by atoms with E-state index >= 15 is 0 Å². The molecule has 0 bridgehead atoms. The second kappa shape index (κ2) is 3.51. The highest BCUT2D eigenvalue weighted by molar-refractivity contribution is 5.98. The minimum Gasteiger partial charge on any atom is -0.311 e. The maximum Gasteiger partial charge on any atom is 0.244 e. The lowest BCUT2D eigenvalue weighted by atomic mass is 10.1. The fourth-order valence-electron chi connectivity index (χ4n) is 1.66. The smallest absolute Gasteiger partial charge is 0.244 e. The van der Waals surface area contributed by atoms with Crippen LogP contribution in [0.3, 0.4) is 0 Å². The predicted octanol–water partition coefficient (Wildman–Crippen LogP) is 1.56. The molecule has 0 spiro atoms. The Morgan fingerprint density at radius 1 is 1.36 bits per heavy atom. The quantitative estimate of drug-likeness (QED) is 0.668. The molecule has 1 saturated heterocycles. The summed E-state index contributed by atoms with van der Waals surface area (Å²) < 4.78 is 0. The van der Waals surface area contributed by atoms with Crippen LogP contribution < -0.4 is 4.90 Å². The first-order valence-electron chi connectivity index (χ1n) is 4.59. The number of nitriles is 1. The molecule has 0 aliphatic carbocycles. The molecule has 2 rings (SSSR count). The first kappa shape index (κ1) is 8.76. The summed E-state index contributed by atoms with van der Waals surface area (Å²) >= 11 is 0. The number of carbonyl (C=O) groups excluding carboxylic acids is 1. The summed E-state index contributed by atoms with van der Waals surface area (Å²) in [4.78, 5) is 13.3. The maximum absolute atomic E-state index is 11.6. The summed E-state index contributed by atoms with van der Waals surface area (Å²) in [5.41, 5.74) is 0.884. The Bertz CT molecular complexity index is 380. The van der Waals surface area contributed by atoms with Crippen molar-refractivity contribution < 1.29 is 4.79 Å². The minimum absolute atomic E-state index is 0.0706. The number of carbonyl (C=O) groups is 1. The lowest BCUT2D eigenvalue weighted by Gasteiger charge is -2.15. The molecule has 1 atom stereocenters. The summed E-state index contributed by atoms with van der Waals surface area (Å²) in [6.07, 6.45) is 0.643. The third kappa shape index (κ3) is 1.35. The van der Waals surface area contributed by atoms with Crippen LogP contribution in [-0.2, 0) is 4.79 Å². The van der Waals surface area contributed by atoms with Crippen molar-refractivity contribution in [3.8, 4) is 6.07 Å². The van der Waals surface area contributed by atoms with E-state index in [1.165, 1.54) is 0 Å². The molecule has 0 N–H and O–H groups in total. The number of amides is 1. The van der Waals surface area contributed by atoms with Crippen LogP contribution in [0.2, 0.25) is 0 Å². The van der Waals surface area contributed by atoms with Crippen LogP contribution >= 0.6 is 0 Å². The van der Waals surface area contributed by atoms with Crippen LogP contribution in [0, 0.1) is 17.2 Å². The first-order chi connectivity index (χ1) is 6.83. The fourth-order valence-corrected chi connectivity index (χ4v) is 1.66. The molecule has 3 heteroatoms. The molecule has 1 heterocycles. The van der Waals surface area contributed by atoms with E-state index in [1.54, 1.807) is 4.90 Å². The molecule has 1 amide bonds. The van der Waals surface area contributed by atoms with Gasteiger partial charge in [-0.3, -0.25) is 4.79 Å². The molecule has 1 aliphatic heterocycles. The van der Waals surface area contributed by atoms with Gasteiger partial charge in [-0.05, 0) is 18.6 Å². The average Bonchev–Trinajstić information content (AvgIpc) is 2.61. The molecule has 1 unspecified atom stereocenters. The Morgan fingerprint density at radius 2 is 2.07 bits per heavy atom. The van der Waals surface area contributed by atoms with Gasteiger partial charge in [0.2, 0.25) is 5.91 Å². The van der Waals surface area contributed by atoms with E-state index in [4.69, 9.17) is 5.26 Å². The van der Waals surface area contributed by atoms with Gasteiger partial charge >= 0.3 is 0 Å². The van der Waals surface area contributed by atoms with Crippen LogP contribution in [0.25, 0.3) is 0 Å². The SMILES string of the molecule is N#CC1CCN(c2ccccc2)C1=O. The third-order valence-corrected chi connectivity index (χ3v) is 2.43. The Kier molecular flexibility index (Phi) is 2.19. The Hall–Kier alpha value is -1.82. The zero-order valence-corrected chi connectivity index (χ0v) is 7.68. The highest BCUT2D eigenvalue weighted by Crippen LogP contribution is 2.24. The van der Waals surface area contributed by atoms with Crippen molar-refractivity contribution in [2.45, 2.75) is 6.42 Å². The van der Waals surface area contributed by atoms with Gasteiger partial charge < -0.3 is 4.90 Å². The van der Waals surface area contributed by atoms with Crippen LogP contribution in [-0.4, -0.2) is 12.5 Å². The lowest BCUT2D eigenvalue weighted by Crippen LogP contribution is -2.26. The number of hydrogen-bond acceptors (Lipinski definition) is 2. The molecule has 0 radical (unpaired) electrons. The highest BCUT2D eigenvalue weighted by atomic mass is 16.2. The number of benzene rings is 1. The van der Waals surface area contributed by atoms with E-state index in [0.717, 1.165) is 5.69 Å². The van der Waals surface area contributed by atoms with E-state index in [-0.39, 0.29) is 5.91 Å². The second-order valence-corrected chi connectivity index (χ2v) is 3.30. The normalized spacial score (nSPS) is 20.9. The number of para-hydroxylation sites is 1. The van der Waals surface area contributed by atoms with Gasteiger partial charge in [0.05, 0.1) is 6.07 Å². The summed E-state index contributed by atoms with van der Waals surface area (Å²) in [5.74, 6) is -0.520. The van der Waals surface area contributed by atoms with Crippen LogP contribution in [0.4, 0.5) is 5.69 Å². The Labute approximate surface area is 82.6 Å². The predicted molar refractivity (Wildman–Crippen MR) is 52.5 cm³/mol. The topological polar surface area (TPSA) is 44.1 Å². The van der Waals surface area contributed by atoms with Gasteiger partial charge in [-0.2, -0.15) is 5.26 Å². The lowest BCUT2D eigenvalue weighted by molar-refractivity contribution is -0.118. The van der Waals surface area contributed by atoms with Gasteiger partial charge in [0, 0.05) is 12.2 Å². The summed E-state index contributed by atoms with van der Waals surface area (Å²) in [6.45, 7) is 0.654. The van der Waals surface area contributed by atoms with E-state index in [1.807, 2.05) is 36.4 Å². The molecule has 0 saturated carbocycles. The molecule has 0 aromatic heterocycles. The Balaban J connectivity index is 2.24. The van der Waals surface area contributed by atoms with Gasteiger partial charge in [0.15, 0.2) is 0 Å². The minimum atomic E-state index is -0.449. The highest BCUT2D eigenvalue weighted by Gasteiger charge is 2.32. The molecule has 3 nitrogen and oxygen atoms in total. The summed E-state index contributed by atoms with van der Waals surface area (Å²) in [5, 5.41) is 8.70. The molecule has 1 aliphatic rings. The number of anilines is 1. The van der Waals surface area contributed by atoms with E-state index < -0.39 is 5.92 Å². The van der Waals surface area contributed by atoms with Crippen LogP contribution in [0.1, 0.15) is 6.42 Å². The van der Waals surface area contributed by atoms with Gasteiger partial charge in [0.25, 0.3) is 0 Å². The van der Waals surface area contributed by atoms with Crippen LogP contribution in [0.5, 0.6) is 0 Å². The number of hydrogen-bond donors (Lipinski definition) is 0. The average molecular weight is 186 g/mol. The molecule has 70 valence electrons. The largest absolute Gasteiger partial charge is 0.311 e. The number of rotatable bonds is 1. The summed E-state index contributed by atoms with van der Waals surface area (Å²) in [7, 11) is 0. The van der Waals surface area contributed by atoms with Crippen molar-refractivity contribution in [1.82, 2.24) is 0 Å². The maximum atomic E-state index is 11.6. The van der Waals surface area contributed by atoms with E-state index in [0.29, 0.717) is 13.0 Å². The van der Waals surface area contributed by atoms with Gasteiger partial charge in [-0.25, -0.2) is 0 Å². The monoisotopic (exact) mass is 186 g/mol. The van der Waals surface area contributed by atoms with Crippen molar-refractivity contribution in [3.05, 3.63) is 30.3 Å². The third-order valence-electron chi connectivity index (χ3n) is 2.43. The van der Waals surface area contributed by atoms with E-state index in [9.17, 15) is 4.79 Å². The summed E-state index contributed by atoms with van der Waals surface area (Å²) in [6, 6.07) is 11.5. The van der Waals surface area contributed by atoms with Gasteiger partial charge in [0.1, 0.15) is 5.92 Å². The number of nitrogens with zero attached hydrogens (tertiary/aromatic N) is 2. The molecule has 1 fully saturated rings. The van der Waals surface area contributed by atoms with Crippen molar-refractivity contribution in [2.24, 2.45) is 5.92 Å². The second-order valence-electron chi connectivity index (χ2n) is 3.30. The van der Waals surface area contributed by atoms with E-state index in [2.05, 4.69) is 0 Å². The molecule has 1 aromatic carbocycles. The molecular formula is C11H10N2O. The zero-order chi connectivity index (χ0) is 9.97. The van der Waals surface area contributed by atoms with Gasteiger partial charge in [-0.15, -0.1) is 0 Å². The molecular weight excluding hydrogens is 176 g/mol. The molecule has 1 aromatic rings.